The van der Waals surface area contributed by atoms with Gasteiger partial charge in [-0.1, -0.05) is 32.9 Å². The van der Waals surface area contributed by atoms with Crippen molar-refractivity contribution >= 4 is 23.9 Å². The van der Waals surface area contributed by atoms with E-state index in [4.69, 9.17) is 4.74 Å². The van der Waals surface area contributed by atoms with Gasteiger partial charge in [-0.05, 0) is 47.4 Å². The van der Waals surface area contributed by atoms with Gasteiger partial charge in [0.05, 0.1) is 0 Å². The molecule has 120 valence electrons. The van der Waals surface area contributed by atoms with Crippen LogP contribution >= 0.6 is 0 Å². The summed E-state index contributed by atoms with van der Waals surface area (Å²) in [6.45, 7) is 6.77. The molecular formula is C18H20N2O3. The van der Waals surface area contributed by atoms with Crippen LogP contribution in [0.15, 0.2) is 48.5 Å². The zero-order valence-corrected chi connectivity index (χ0v) is 13.4. The summed E-state index contributed by atoms with van der Waals surface area (Å²) in [5.74, 6) is 0.420. The number of hydrogen-bond acceptors (Lipinski definition) is 3. The normalized spacial score (nSPS) is 10.7. The van der Waals surface area contributed by atoms with Crippen molar-refractivity contribution in [2.45, 2.75) is 26.2 Å². The second kappa shape index (κ2) is 6.96. The van der Waals surface area contributed by atoms with Crippen LogP contribution in [-0.4, -0.2) is 12.5 Å². The fourth-order valence-electron chi connectivity index (χ4n) is 2.02. The van der Waals surface area contributed by atoms with Crippen LogP contribution < -0.4 is 15.4 Å². The Bertz CT molecular complexity index is 671. The molecule has 2 rings (SSSR count). The Morgan fingerprint density at radius 3 is 1.83 bits per heavy atom. The lowest BCUT2D eigenvalue weighted by atomic mass is 9.87. The fourth-order valence-corrected chi connectivity index (χ4v) is 2.02. The van der Waals surface area contributed by atoms with E-state index in [1.165, 1.54) is 5.56 Å². The molecule has 5 nitrogen and oxygen atoms in total. The van der Waals surface area contributed by atoms with Gasteiger partial charge in [-0.25, -0.2) is 4.79 Å². The average molecular weight is 312 g/mol. The van der Waals surface area contributed by atoms with E-state index in [1.54, 1.807) is 24.3 Å². The van der Waals surface area contributed by atoms with E-state index in [-0.39, 0.29) is 11.4 Å². The number of hydrogen-bond donors (Lipinski definition) is 2. The summed E-state index contributed by atoms with van der Waals surface area (Å²) >= 11 is 0. The third-order valence-electron chi connectivity index (χ3n) is 3.31. The summed E-state index contributed by atoms with van der Waals surface area (Å²) in [6.07, 6.45) is 0. The minimum Gasteiger partial charge on any atom is -0.429 e. The molecule has 23 heavy (non-hydrogen) atoms. The molecule has 0 saturated heterocycles. The molecule has 2 aromatic carbocycles. The van der Waals surface area contributed by atoms with Gasteiger partial charge in [0.25, 0.3) is 6.47 Å². The Labute approximate surface area is 135 Å². The molecule has 0 radical (unpaired) electrons. The van der Waals surface area contributed by atoms with Crippen molar-refractivity contribution in [1.29, 1.82) is 0 Å². The number of benzene rings is 2. The SMILES string of the molecule is CC(C)(C)c1ccc(NC(=O)Nc2ccc(OC=O)cc2)cc1. The second-order valence-electron chi connectivity index (χ2n) is 6.14. The minimum atomic E-state index is -0.336. The van der Waals surface area contributed by atoms with Crippen molar-refractivity contribution in [3.05, 3.63) is 54.1 Å². The quantitative estimate of drug-likeness (QED) is 0.833. The molecule has 0 bridgehead atoms. The van der Waals surface area contributed by atoms with Gasteiger partial charge in [0.2, 0.25) is 0 Å². The lowest BCUT2D eigenvalue weighted by Gasteiger charge is -2.19. The van der Waals surface area contributed by atoms with Crippen molar-refractivity contribution < 1.29 is 14.3 Å². The lowest BCUT2D eigenvalue weighted by molar-refractivity contribution is -0.120. The van der Waals surface area contributed by atoms with Crippen molar-refractivity contribution in [1.82, 2.24) is 0 Å². The maximum atomic E-state index is 12.0. The van der Waals surface area contributed by atoms with Crippen LogP contribution in [0.4, 0.5) is 16.2 Å². The monoisotopic (exact) mass is 312 g/mol. The van der Waals surface area contributed by atoms with E-state index < -0.39 is 0 Å². The predicted octanol–water partition coefficient (Wildman–Crippen LogP) is 4.16. The van der Waals surface area contributed by atoms with Crippen molar-refractivity contribution in [3.63, 3.8) is 0 Å². The van der Waals surface area contributed by atoms with Gasteiger partial charge in [0.1, 0.15) is 5.75 Å². The standard InChI is InChI=1S/C18H20N2O3/c1-18(2,3)13-4-6-14(7-5-13)19-17(22)20-15-8-10-16(11-9-15)23-12-21/h4-12H,1-3H3,(H2,19,20,22). The zero-order chi connectivity index (χ0) is 16.9. The topological polar surface area (TPSA) is 67.4 Å². The molecule has 0 aliphatic carbocycles. The van der Waals surface area contributed by atoms with Crippen molar-refractivity contribution in [2.24, 2.45) is 0 Å². The Kier molecular flexibility index (Phi) is 5.01. The summed E-state index contributed by atoms with van der Waals surface area (Å²) in [5.41, 5.74) is 2.60. The van der Waals surface area contributed by atoms with Crippen molar-refractivity contribution in [3.8, 4) is 5.75 Å². The molecular weight excluding hydrogens is 292 g/mol. The largest absolute Gasteiger partial charge is 0.429 e. The van der Waals surface area contributed by atoms with E-state index in [0.29, 0.717) is 17.9 Å². The molecule has 2 N–H and O–H groups in total. The molecule has 2 amide bonds. The van der Waals surface area contributed by atoms with Crippen LogP contribution in [0.1, 0.15) is 26.3 Å². The number of amides is 2. The number of urea groups is 1. The third kappa shape index (κ3) is 4.85. The van der Waals surface area contributed by atoms with Crippen LogP contribution in [0.25, 0.3) is 0 Å². The maximum absolute atomic E-state index is 12.0. The van der Waals surface area contributed by atoms with E-state index in [2.05, 4.69) is 31.4 Å². The third-order valence-corrected chi connectivity index (χ3v) is 3.31. The minimum absolute atomic E-state index is 0.0755. The first-order valence-corrected chi connectivity index (χ1v) is 7.27. The number of rotatable bonds is 4. The van der Waals surface area contributed by atoms with Crippen LogP contribution in [0, 0.1) is 0 Å². The highest BCUT2D eigenvalue weighted by molar-refractivity contribution is 5.99. The molecule has 0 fully saturated rings. The molecule has 0 aromatic heterocycles. The molecule has 0 atom stereocenters. The van der Waals surface area contributed by atoms with E-state index >= 15 is 0 Å². The number of nitrogens with one attached hydrogen (secondary N) is 2. The number of ether oxygens (including phenoxy) is 1. The van der Waals surface area contributed by atoms with Crippen molar-refractivity contribution in [2.75, 3.05) is 10.6 Å². The number of anilines is 2. The summed E-state index contributed by atoms with van der Waals surface area (Å²) in [7, 11) is 0. The zero-order valence-electron chi connectivity index (χ0n) is 13.4. The molecule has 0 unspecified atom stereocenters. The smallest absolute Gasteiger partial charge is 0.323 e. The second-order valence-corrected chi connectivity index (χ2v) is 6.14. The van der Waals surface area contributed by atoms with Crippen LogP contribution in [0.3, 0.4) is 0 Å². The van der Waals surface area contributed by atoms with E-state index in [0.717, 1.165) is 5.69 Å². The predicted molar refractivity (Wildman–Crippen MR) is 90.9 cm³/mol. The van der Waals surface area contributed by atoms with Gasteiger partial charge < -0.3 is 15.4 Å². The summed E-state index contributed by atoms with van der Waals surface area (Å²) < 4.78 is 4.69. The van der Waals surface area contributed by atoms with Gasteiger partial charge in [-0.15, -0.1) is 0 Å². The van der Waals surface area contributed by atoms with Crippen LogP contribution in [0.5, 0.6) is 5.75 Å². The Hall–Kier alpha value is -2.82. The highest BCUT2D eigenvalue weighted by Gasteiger charge is 2.13. The van der Waals surface area contributed by atoms with E-state index in [9.17, 15) is 9.59 Å². The highest BCUT2D eigenvalue weighted by atomic mass is 16.5. The summed E-state index contributed by atoms with van der Waals surface area (Å²) in [5, 5.41) is 5.48. The average Bonchev–Trinajstić information content (AvgIpc) is 2.49. The van der Waals surface area contributed by atoms with Crippen LogP contribution in [0.2, 0.25) is 0 Å². The molecule has 0 saturated carbocycles. The maximum Gasteiger partial charge on any atom is 0.323 e. The van der Waals surface area contributed by atoms with Gasteiger partial charge in [-0.2, -0.15) is 0 Å². The fraction of sp³-hybridized carbons (Fsp3) is 0.222. The molecule has 0 aliphatic rings. The van der Waals surface area contributed by atoms with Gasteiger partial charge in [-0.3, -0.25) is 4.79 Å². The Morgan fingerprint density at radius 1 is 0.913 bits per heavy atom. The Balaban J connectivity index is 1.95. The van der Waals surface area contributed by atoms with Gasteiger partial charge in [0.15, 0.2) is 0 Å². The lowest BCUT2D eigenvalue weighted by Crippen LogP contribution is -2.19. The highest BCUT2D eigenvalue weighted by Crippen LogP contribution is 2.23. The first-order valence-electron chi connectivity index (χ1n) is 7.27. The summed E-state index contributed by atoms with van der Waals surface area (Å²) in [6, 6.07) is 13.9. The van der Waals surface area contributed by atoms with Gasteiger partial charge in [0, 0.05) is 11.4 Å². The summed E-state index contributed by atoms with van der Waals surface area (Å²) in [4.78, 5) is 22.2. The molecule has 0 aliphatic heterocycles. The number of carbonyl (C=O) groups is 2. The molecule has 0 spiro atoms. The van der Waals surface area contributed by atoms with Crippen LogP contribution in [-0.2, 0) is 10.2 Å². The molecule has 2 aromatic rings. The first kappa shape index (κ1) is 16.5. The van der Waals surface area contributed by atoms with E-state index in [1.807, 2.05) is 24.3 Å². The number of carbonyl (C=O) groups excluding carboxylic acids is 2. The first-order chi connectivity index (χ1) is 10.9. The molecule has 0 heterocycles. The molecule has 5 heteroatoms. The Morgan fingerprint density at radius 2 is 1.39 bits per heavy atom. The van der Waals surface area contributed by atoms with Gasteiger partial charge >= 0.3 is 6.03 Å².